The van der Waals surface area contributed by atoms with Crippen molar-refractivity contribution in [3.05, 3.63) is 0 Å². The van der Waals surface area contributed by atoms with Gasteiger partial charge < -0.3 is 10.4 Å². The fourth-order valence-corrected chi connectivity index (χ4v) is 2.22. The van der Waals surface area contributed by atoms with Crippen molar-refractivity contribution in [3.8, 4) is 0 Å². The predicted octanol–water partition coefficient (Wildman–Crippen LogP) is 1.70. The van der Waals surface area contributed by atoms with Crippen LogP contribution in [-0.2, 0) is 4.79 Å². The van der Waals surface area contributed by atoms with Crippen LogP contribution < -0.4 is 5.32 Å². The van der Waals surface area contributed by atoms with Gasteiger partial charge >= 0.3 is 0 Å². The SMILES string of the molecule is CCC(C)NC(=O)C1CCCCC1CO. The summed E-state index contributed by atoms with van der Waals surface area (Å²) in [6.07, 6.45) is 5.16. The van der Waals surface area contributed by atoms with Gasteiger partial charge in [0, 0.05) is 18.6 Å². The van der Waals surface area contributed by atoms with E-state index in [0.29, 0.717) is 0 Å². The first kappa shape index (κ1) is 12.5. The number of aliphatic hydroxyl groups is 1. The summed E-state index contributed by atoms with van der Waals surface area (Å²) in [6, 6.07) is 0.249. The van der Waals surface area contributed by atoms with Crippen LogP contribution in [0.4, 0.5) is 0 Å². The average Bonchev–Trinajstić information content (AvgIpc) is 2.28. The third-order valence-corrected chi connectivity index (χ3v) is 3.48. The molecule has 1 fully saturated rings. The van der Waals surface area contributed by atoms with Crippen molar-refractivity contribution in [2.24, 2.45) is 11.8 Å². The highest BCUT2D eigenvalue weighted by Gasteiger charge is 2.30. The summed E-state index contributed by atoms with van der Waals surface area (Å²) < 4.78 is 0. The standard InChI is InChI=1S/C12H23NO2/c1-3-9(2)13-12(15)11-7-5-4-6-10(11)8-14/h9-11,14H,3-8H2,1-2H3,(H,13,15). The Kier molecular flexibility index (Phi) is 5.09. The molecule has 0 aliphatic heterocycles. The number of carbonyl (C=O) groups is 1. The van der Waals surface area contributed by atoms with Gasteiger partial charge in [-0.05, 0) is 32.1 Å². The van der Waals surface area contributed by atoms with Gasteiger partial charge in [0.25, 0.3) is 0 Å². The largest absolute Gasteiger partial charge is 0.396 e. The van der Waals surface area contributed by atoms with Gasteiger partial charge in [-0.3, -0.25) is 4.79 Å². The Morgan fingerprint density at radius 1 is 1.47 bits per heavy atom. The average molecular weight is 213 g/mol. The van der Waals surface area contributed by atoms with E-state index in [1.165, 1.54) is 0 Å². The number of hydrogen-bond donors (Lipinski definition) is 2. The Hall–Kier alpha value is -0.570. The first-order chi connectivity index (χ1) is 7.19. The molecule has 0 aromatic heterocycles. The van der Waals surface area contributed by atoms with E-state index < -0.39 is 0 Å². The molecule has 1 aliphatic rings. The molecule has 0 aromatic rings. The fourth-order valence-electron chi connectivity index (χ4n) is 2.22. The summed E-state index contributed by atoms with van der Waals surface area (Å²) in [5.74, 6) is 0.364. The maximum atomic E-state index is 11.9. The Bertz CT molecular complexity index is 206. The van der Waals surface area contributed by atoms with Crippen molar-refractivity contribution in [2.75, 3.05) is 6.61 Å². The van der Waals surface area contributed by atoms with E-state index in [0.717, 1.165) is 32.1 Å². The second kappa shape index (κ2) is 6.11. The summed E-state index contributed by atoms with van der Waals surface area (Å²) in [7, 11) is 0. The molecule has 0 bridgehead atoms. The van der Waals surface area contributed by atoms with E-state index in [9.17, 15) is 9.90 Å². The monoisotopic (exact) mass is 213 g/mol. The molecule has 3 nitrogen and oxygen atoms in total. The minimum Gasteiger partial charge on any atom is -0.396 e. The molecule has 3 atom stereocenters. The van der Waals surface area contributed by atoms with Crippen molar-refractivity contribution in [1.29, 1.82) is 0 Å². The normalized spacial score (nSPS) is 28.5. The lowest BCUT2D eigenvalue weighted by atomic mass is 9.79. The van der Waals surface area contributed by atoms with Gasteiger partial charge in [0.2, 0.25) is 5.91 Å². The molecule has 0 heterocycles. The minimum atomic E-state index is 0.0396. The molecule has 1 aliphatic carbocycles. The summed E-state index contributed by atoms with van der Waals surface area (Å²) in [5.41, 5.74) is 0. The zero-order valence-electron chi connectivity index (χ0n) is 9.83. The van der Waals surface area contributed by atoms with E-state index in [4.69, 9.17) is 0 Å². The van der Waals surface area contributed by atoms with Crippen LogP contribution in [0.5, 0.6) is 0 Å². The third kappa shape index (κ3) is 3.49. The van der Waals surface area contributed by atoms with Crippen LogP contribution in [0.1, 0.15) is 46.0 Å². The highest BCUT2D eigenvalue weighted by molar-refractivity contribution is 5.79. The molecule has 0 spiro atoms. The number of nitrogens with one attached hydrogen (secondary N) is 1. The lowest BCUT2D eigenvalue weighted by molar-refractivity contribution is -0.129. The Labute approximate surface area is 92.3 Å². The van der Waals surface area contributed by atoms with Gasteiger partial charge in [-0.25, -0.2) is 0 Å². The number of amides is 1. The van der Waals surface area contributed by atoms with E-state index in [1.54, 1.807) is 0 Å². The quantitative estimate of drug-likeness (QED) is 0.746. The van der Waals surface area contributed by atoms with Gasteiger partial charge in [-0.2, -0.15) is 0 Å². The lowest BCUT2D eigenvalue weighted by Crippen LogP contribution is -2.41. The predicted molar refractivity (Wildman–Crippen MR) is 60.4 cm³/mol. The number of hydrogen-bond acceptors (Lipinski definition) is 2. The molecular weight excluding hydrogens is 190 g/mol. The van der Waals surface area contributed by atoms with Crippen molar-refractivity contribution in [1.82, 2.24) is 5.32 Å². The Morgan fingerprint density at radius 3 is 2.73 bits per heavy atom. The molecule has 1 amide bonds. The van der Waals surface area contributed by atoms with E-state index in [-0.39, 0.29) is 30.4 Å². The van der Waals surface area contributed by atoms with Gasteiger partial charge in [0.15, 0.2) is 0 Å². The van der Waals surface area contributed by atoms with Crippen LogP contribution in [0.2, 0.25) is 0 Å². The summed E-state index contributed by atoms with van der Waals surface area (Å²) in [6.45, 7) is 4.24. The maximum Gasteiger partial charge on any atom is 0.223 e. The third-order valence-electron chi connectivity index (χ3n) is 3.48. The van der Waals surface area contributed by atoms with E-state index >= 15 is 0 Å². The molecular formula is C12H23NO2. The van der Waals surface area contributed by atoms with Crippen LogP contribution in [0.15, 0.2) is 0 Å². The van der Waals surface area contributed by atoms with Crippen molar-refractivity contribution < 1.29 is 9.90 Å². The molecule has 2 N–H and O–H groups in total. The molecule has 0 saturated heterocycles. The van der Waals surface area contributed by atoms with Gasteiger partial charge in [-0.1, -0.05) is 19.8 Å². The fraction of sp³-hybridized carbons (Fsp3) is 0.917. The molecule has 88 valence electrons. The van der Waals surface area contributed by atoms with Crippen LogP contribution in [-0.4, -0.2) is 23.7 Å². The van der Waals surface area contributed by atoms with E-state index in [1.807, 2.05) is 6.92 Å². The lowest BCUT2D eigenvalue weighted by Gasteiger charge is -2.30. The molecule has 1 rings (SSSR count). The Morgan fingerprint density at radius 2 is 2.13 bits per heavy atom. The maximum absolute atomic E-state index is 11.9. The second-order valence-corrected chi connectivity index (χ2v) is 4.65. The summed E-state index contributed by atoms with van der Waals surface area (Å²) >= 11 is 0. The number of carbonyl (C=O) groups excluding carboxylic acids is 1. The summed E-state index contributed by atoms with van der Waals surface area (Å²) in [5, 5.41) is 12.2. The van der Waals surface area contributed by atoms with Crippen molar-refractivity contribution >= 4 is 5.91 Å². The smallest absolute Gasteiger partial charge is 0.223 e. The van der Waals surface area contributed by atoms with Crippen molar-refractivity contribution in [3.63, 3.8) is 0 Å². The zero-order chi connectivity index (χ0) is 11.3. The molecule has 3 unspecified atom stereocenters. The van der Waals surface area contributed by atoms with Crippen LogP contribution in [0, 0.1) is 11.8 Å². The first-order valence-electron chi connectivity index (χ1n) is 6.10. The Balaban J connectivity index is 2.48. The van der Waals surface area contributed by atoms with Gasteiger partial charge in [0.05, 0.1) is 0 Å². The van der Waals surface area contributed by atoms with Crippen LogP contribution in [0.25, 0.3) is 0 Å². The highest BCUT2D eigenvalue weighted by atomic mass is 16.3. The number of aliphatic hydroxyl groups excluding tert-OH is 1. The second-order valence-electron chi connectivity index (χ2n) is 4.65. The highest BCUT2D eigenvalue weighted by Crippen LogP contribution is 2.29. The number of rotatable bonds is 4. The molecule has 0 radical (unpaired) electrons. The van der Waals surface area contributed by atoms with E-state index in [2.05, 4.69) is 12.2 Å². The molecule has 3 heteroatoms. The van der Waals surface area contributed by atoms with Crippen LogP contribution >= 0.6 is 0 Å². The van der Waals surface area contributed by atoms with Crippen molar-refractivity contribution in [2.45, 2.75) is 52.0 Å². The topological polar surface area (TPSA) is 49.3 Å². The van der Waals surface area contributed by atoms with Gasteiger partial charge in [-0.15, -0.1) is 0 Å². The zero-order valence-corrected chi connectivity index (χ0v) is 9.83. The summed E-state index contributed by atoms with van der Waals surface area (Å²) in [4.78, 5) is 11.9. The molecule has 15 heavy (non-hydrogen) atoms. The van der Waals surface area contributed by atoms with Crippen LogP contribution in [0.3, 0.4) is 0 Å². The minimum absolute atomic E-state index is 0.0396. The first-order valence-corrected chi connectivity index (χ1v) is 6.10. The molecule has 1 saturated carbocycles. The van der Waals surface area contributed by atoms with Gasteiger partial charge in [0.1, 0.15) is 0 Å². The molecule has 0 aromatic carbocycles.